The quantitative estimate of drug-likeness (QED) is 0.619. The van der Waals surface area contributed by atoms with E-state index in [9.17, 15) is 9.59 Å². The molecule has 35 heavy (non-hydrogen) atoms. The van der Waals surface area contributed by atoms with E-state index in [2.05, 4.69) is 20.4 Å². The summed E-state index contributed by atoms with van der Waals surface area (Å²) in [5, 5.41) is 7.30. The van der Waals surface area contributed by atoms with Gasteiger partial charge in [-0.15, -0.1) is 0 Å². The van der Waals surface area contributed by atoms with Crippen LogP contribution in [0.15, 0.2) is 59.4 Å². The van der Waals surface area contributed by atoms with Crippen molar-refractivity contribution >= 4 is 11.8 Å². The van der Waals surface area contributed by atoms with Crippen LogP contribution in [0, 0.1) is 5.92 Å². The number of nitrogens with zero attached hydrogens (tertiary/aromatic N) is 4. The van der Waals surface area contributed by atoms with Gasteiger partial charge in [-0.3, -0.25) is 14.6 Å². The summed E-state index contributed by atoms with van der Waals surface area (Å²) >= 11 is 0. The number of pyridine rings is 1. The smallest absolute Gasteiger partial charge is 0.255 e. The third-order valence-electron chi connectivity index (χ3n) is 7.10. The molecule has 1 aromatic carbocycles. The summed E-state index contributed by atoms with van der Waals surface area (Å²) in [4.78, 5) is 37.5. The second kappa shape index (κ2) is 10.8. The first-order valence-corrected chi connectivity index (χ1v) is 12.5. The lowest BCUT2D eigenvalue weighted by atomic mass is 9.99. The van der Waals surface area contributed by atoms with E-state index < -0.39 is 0 Å². The van der Waals surface area contributed by atoms with Crippen LogP contribution in [-0.2, 0) is 11.2 Å². The summed E-state index contributed by atoms with van der Waals surface area (Å²) in [6.07, 6.45) is 9.00. The van der Waals surface area contributed by atoms with Gasteiger partial charge in [-0.1, -0.05) is 48.3 Å². The lowest BCUT2D eigenvalue weighted by Crippen LogP contribution is -2.47. The zero-order valence-electron chi connectivity index (χ0n) is 19.8. The molecule has 5 rings (SSSR count). The molecule has 2 aromatic heterocycles. The van der Waals surface area contributed by atoms with Gasteiger partial charge in [0.1, 0.15) is 0 Å². The van der Waals surface area contributed by atoms with Crippen molar-refractivity contribution in [1.82, 2.24) is 25.3 Å². The Labute approximate surface area is 205 Å². The van der Waals surface area contributed by atoms with Crippen LogP contribution in [0.5, 0.6) is 0 Å². The molecule has 1 aliphatic heterocycles. The molecule has 1 saturated carbocycles. The van der Waals surface area contributed by atoms with Crippen molar-refractivity contribution in [3.63, 3.8) is 0 Å². The normalized spacial score (nSPS) is 23.3. The van der Waals surface area contributed by atoms with Gasteiger partial charge in [-0.25, -0.2) is 0 Å². The number of amides is 2. The molecule has 1 N–H and O–H groups in total. The van der Waals surface area contributed by atoms with Crippen LogP contribution < -0.4 is 5.32 Å². The SMILES string of the molecule is O=C1NCCCCCCN(C(=O)c2cccnc2)[C@H]2C[C@H](c3nc(Cc4ccccc4)no3)C[C@@H]12. The number of carbonyl (C=O) groups excluding carboxylic acids is 2. The number of nitrogens with one attached hydrogen (secondary N) is 1. The number of carbonyl (C=O) groups is 2. The molecule has 2 fully saturated rings. The third kappa shape index (κ3) is 5.42. The van der Waals surface area contributed by atoms with Crippen molar-refractivity contribution in [1.29, 1.82) is 0 Å². The van der Waals surface area contributed by atoms with Crippen molar-refractivity contribution in [2.45, 2.75) is 56.9 Å². The highest BCUT2D eigenvalue weighted by molar-refractivity contribution is 5.94. The Morgan fingerprint density at radius 1 is 1.06 bits per heavy atom. The van der Waals surface area contributed by atoms with Crippen LogP contribution in [0.4, 0.5) is 0 Å². The molecule has 0 bridgehead atoms. The van der Waals surface area contributed by atoms with Crippen LogP contribution in [0.3, 0.4) is 0 Å². The molecule has 8 heteroatoms. The molecule has 0 radical (unpaired) electrons. The maximum atomic E-state index is 13.6. The van der Waals surface area contributed by atoms with Crippen LogP contribution in [0.25, 0.3) is 0 Å². The van der Waals surface area contributed by atoms with Gasteiger partial charge >= 0.3 is 0 Å². The van der Waals surface area contributed by atoms with E-state index in [-0.39, 0.29) is 29.7 Å². The highest BCUT2D eigenvalue weighted by Gasteiger charge is 2.45. The molecule has 3 aromatic rings. The molecule has 3 heterocycles. The Morgan fingerprint density at radius 3 is 2.74 bits per heavy atom. The number of aromatic nitrogens is 3. The largest absolute Gasteiger partial charge is 0.356 e. The minimum Gasteiger partial charge on any atom is -0.356 e. The van der Waals surface area contributed by atoms with Crippen molar-refractivity contribution < 1.29 is 14.1 Å². The summed E-state index contributed by atoms with van der Waals surface area (Å²) in [6.45, 7) is 1.29. The van der Waals surface area contributed by atoms with Gasteiger partial charge in [0.15, 0.2) is 5.82 Å². The second-order valence-electron chi connectivity index (χ2n) is 9.50. The number of benzene rings is 1. The van der Waals surface area contributed by atoms with E-state index in [1.807, 2.05) is 35.2 Å². The zero-order valence-corrected chi connectivity index (χ0v) is 19.8. The average molecular weight is 474 g/mol. The maximum absolute atomic E-state index is 13.6. The third-order valence-corrected chi connectivity index (χ3v) is 7.10. The van der Waals surface area contributed by atoms with Crippen LogP contribution in [0.2, 0.25) is 0 Å². The van der Waals surface area contributed by atoms with E-state index in [1.54, 1.807) is 24.5 Å². The van der Waals surface area contributed by atoms with Gasteiger partial charge in [0.25, 0.3) is 5.91 Å². The lowest BCUT2D eigenvalue weighted by Gasteiger charge is -2.32. The van der Waals surface area contributed by atoms with Gasteiger partial charge in [0, 0.05) is 43.9 Å². The van der Waals surface area contributed by atoms with Crippen LogP contribution >= 0.6 is 0 Å². The first-order valence-electron chi connectivity index (χ1n) is 12.5. The minimum atomic E-state index is -0.316. The Balaban J connectivity index is 1.39. The molecular weight excluding hydrogens is 442 g/mol. The van der Waals surface area contributed by atoms with Crippen LogP contribution in [0.1, 0.15) is 72.1 Å². The Bertz CT molecular complexity index is 1130. The Hall–Kier alpha value is -3.55. The second-order valence-corrected chi connectivity index (χ2v) is 9.50. The molecule has 182 valence electrons. The predicted octanol–water partition coefficient (Wildman–Crippen LogP) is 3.75. The predicted molar refractivity (Wildman–Crippen MR) is 130 cm³/mol. The molecule has 1 saturated heterocycles. The Kier molecular flexibility index (Phi) is 7.16. The zero-order chi connectivity index (χ0) is 24.0. The maximum Gasteiger partial charge on any atom is 0.255 e. The molecule has 2 aliphatic rings. The number of hydrogen-bond acceptors (Lipinski definition) is 6. The summed E-state index contributed by atoms with van der Waals surface area (Å²) in [5.74, 6) is 0.733. The fraction of sp³-hybridized carbons (Fsp3) is 0.444. The van der Waals surface area contributed by atoms with E-state index in [4.69, 9.17) is 4.52 Å². The van der Waals surface area contributed by atoms with E-state index in [1.165, 1.54) is 0 Å². The monoisotopic (exact) mass is 473 g/mol. The van der Waals surface area contributed by atoms with Gasteiger partial charge in [-0.05, 0) is 43.4 Å². The molecule has 1 aliphatic carbocycles. The summed E-state index contributed by atoms with van der Waals surface area (Å²) in [7, 11) is 0. The van der Waals surface area contributed by atoms with Crippen molar-refractivity contribution in [2.24, 2.45) is 5.92 Å². The van der Waals surface area contributed by atoms with Gasteiger partial charge in [0.05, 0.1) is 11.5 Å². The van der Waals surface area contributed by atoms with Gasteiger partial charge in [0.2, 0.25) is 11.8 Å². The fourth-order valence-corrected chi connectivity index (χ4v) is 5.30. The summed E-state index contributed by atoms with van der Waals surface area (Å²) in [5.41, 5.74) is 1.66. The highest BCUT2D eigenvalue weighted by Crippen LogP contribution is 2.41. The van der Waals surface area contributed by atoms with E-state index >= 15 is 0 Å². The first kappa shape index (κ1) is 23.2. The minimum absolute atomic E-state index is 0.00686. The molecule has 2 amide bonds. The standard InChI is InChI=1S/C27H31N5O3/c33-25-22-16-21(26-30-24(31-35-26)15-19-9-4-3-5-10-19)17-23(22)32(14-7-2-1-6-13-29-25)27(34)20-11-8-12-28-18-20/h3-5,8-12,18,21-23H,1-2,6-7,13-17H2,(H,29,33)/t21-,22-,23+/m1/s1. The lowest BCUT2D eigenvalue weighted by molar-refractivity contribution is -0.126. The van der Waals surface area contributed by atoms with Gasteiger partial charge < -0.3 is 14.7 Å². The highest BCUT2D eigenvalue weighted by atomic mass is 16.5. The van der Waals surface area contributed by atoms with Crippen LogP contribution in [-0.4, -0.2) is 51.0 Å². The van der Waals surface area contributed by atoms with E-state index in [0.717, 1.165) is 31.2 Å². The van der Waals surface area contributed by atoms with Crippen molar-refractivity contribution in [2.75, 3.05) is 13.1 Å². The molecule has 0 spiro atoms. The van der Waals surface area contributed by atoms with Gasteiger partial charge in [-0.2, -0.15) is 4.98 Å². The molecule has 0 unspecified atom stereocenters. The average Bonchev–Trinajstić information content (AvgIpc) is 3.53. The Morgan fingerprint density at radius 2 is 1.91 bits per heavy atom. The fourth-order valence-electron chi connectivity index (χ4n) is 5.30. The van der Waals surface area contributed by atoms with Crippen molar-refractivity contribution in [3.05, 3.63) is 77.7 Å². The van der Waals surface area contributed by atoms with E-state index in [0.29, 0.717) is 49.6 Å². The number of fused-ring (bicyclic) bond motifs is 1. The first-order chi connectivity index (χ1) is 17.2. The summed E-state index contributed by atoms with van der Waals surface area (Å²) in [6, 6.07) is 13.4. The molecular formula is C27H31N5O3. The molecule has 3 atom stereocenters. The number of rotatable bonds is 4. The van der Waals surface area contributed by atoms with Crippen molar-refractivity contribution in [3.8, 4) is 0 Å². The molecule has 8 nitrogen and oxygen atoms in total. The summed E-state index contributed by atoms with van der Waals surface area (Å²) < 4.78 is 5.67. The number of hydrogen-bond donors (Lipinski definition) is 1. The topological polar surface area (TPSA) is 101 Å².